The lowest BCUT2D eigenvalue weighted by atomic mass is 9.68. The molecule has 0 bridgehead atoms. The number of carbonyl (C=O) groups is 2. The van der Waals surface area contributed by atoms with E-state index in [1.807, 2.05) is 103 Å². The summed E-state index contributed by atoms with van der Waals surface area (Å²) >= 11 is 6.00. The summed E-state index contributed by atoms with van der Waals surface area (Å²) in [4.78, 5) is 26.7. The Hall–Kier alpha value is -3.89. The number of carbonyl (C=O) groups excluding carboxylic acids is 2. The first-order valence-electron chi connectivity index (χ1n) is 11.0. The second-order valence-corrected chi connectivity index (χ2v) is 8.54. The fourth-order valence-electron chi connectivity index (χ4n) is 4.30. The normalized spacial score (nSPS) is 12.0. The third-order valence-corrected chi connectivity index (χ3v) is 6.21. The van der Waals surface area contributed by atoms with E-state index < -0.39 is 17.4 Å². The van der Waals surface area contributed by atoms with Gasteiger partial charge >= 0.3 is 0 Å². The molecule has 2 amide bonds. The van der Waals surface area contributed by atoms with Crippen LogP contribution in [-0.4, -0.2) is 17.9 Å². The van der Waals surface area contributed by atoms with E-state index in [4.69, 9.17) is 17.3 Å². The molecule has 0 aliphatic carbocycles. The van der Waals surface area contributed by atoms with Crippen LogP contribution in [0.2, 0.25) is 5.02 Å². The maximum absolute atomic E-state index is 14.3. The van der Waals surface area contributed by atoms with E-state index in [0.717, 1.165) is 22.3 Å². The Morgan fingerprint density at radius 2 is 1.12 bits per heavy atom. The molecule has 5 heteroatoms. The van der Waals surface area contributed by atoms with Crippen LogP contribution in [0.4, 0.5) is 0 Å². The lowest BCUT2D eigenvalue weighted by Crippen LogP contribution is -2.54. The molecule has 4 nitrogen and oxygen atoms in total. The molecule has 0 saturated heterocycles. The summed E-state index contributed by atoms with van der Waals surface area (Å²) in [5.74, 6) is -0.930. The van der Waals surface area contributed by atoms with E-state index in [9.17, 15) is 9.59 Å². The van der Waals surface area contributed by atoms with E-state index in [1.165, 1.54) is 0 Å². The summed E-state index contributed by atoms with van der Waals surface area (Å²) in [6, 6.07) is 35.0. The molecule has 170 valence electrons. The number of hydrogen-bond acceptors (Lipinski definition) is 2. The molecule has 0 aromatic heterocycles. The number of benzene rings is 4. The summed E-state index contributed by atoms with van der Waals surface area (Å²) in [5, 5.41) is 3.57. The summed E-state index contributed by atoms with van der Waals surface area (Å²) in [5.41, 5.74) is 7.78. The summed E-state index contributed by atoms with van der Waals surface area (Å²) in [7, 11) is 0. The van der Waals surface area contributed by atoms with Crippen LogP contribution in [0.3, 0.4) is 0 Å². The molecule has 4 aromatic carbocycles. The third kappa shape index (κ3) is 4.73. The highest BCUT2D eigenvalue weighted by Crippen LogP contribution is 2.39. The van der Waals surface area contributed by atoms with Crippen molar-refractivity contribution in [2.24, 2.45) is 5.73 Å². The predicted molar refractivity (Wildman–Crippen MR) is 135 cm³/mol. The summed E-state index contributed by atoms with van der Waals surface area (Å²) < 4.78 is 0. The van der Waals surface area contributed by atoms with Gasteiger partial charge in [-0.1, -0.05) is 115 Å². The smallest absolute Gasteiger partial charge is 0.240 e. The number of nitrogens with one attached hydrogen (secondary N) is 1. The van der Waals surface area contributed by atoms with Gasteiger partial charge in [-0.2, -0.15) is 0 Å². The van der Waals surface area contributed by atoms with Crippen LogP contribution in [0.25, 0.3) is 0 Å². The quantitative estimate of drug-likeness (QED) is 0.361. The number of hydrogen-bond donors (Lipinski definition) is 2. The molecule has 0 spiro atoms. The van der Waals surface area contributed by atoms with Crippen molar-refractivity contribution in [3.63, 3.8) is 0 Å². The van der Waals surface area contributed by atoms with Crippen molar-refractivity contribution < 1.29 is 9.59 Å². The molecule has 3 N–H and O–H groups in total. The lowest BCUT2D eigenvalue weighted by molar-refractivity contribution is -0.129. The summed E-state index contributed by atoms with van der Waals surface area (Å²) in [6.07, 6.45) is 0.257. The van der Waals surface area contributed by atoms with E-state index in [1.54, 1.807) is 12.1 Å². The van der Waals surface area contributed by atoms with E-state index in [2.05, 4.69) is 5.32 Å². The maximum Gasteiger partial charge on any atom is 0.240 e. The van der Waals surface area contributed by atoms with Gasteiger partial charge in [0, 0.05) is 11.4 Å². The maximum atomic E-state index is 14.3. The molecule has 0 unspecified atom stereocenters. The topological polar surface area (TPSA) is 72.2 Å². The minimum Gasteiger partial charge on any atom is -0.368 e. The molecule has 1 atom stereocenters. The molecule has 34 heavy (non-hydrogen) atoms. The first-order valence-corrected chi connectivity index (χ1v) is 11.4. The van der Waals surface area contributed by atoms with Gasteiger partial charge in [0.25, 0.3) is 0 Å². The van der Waals surface area contributed by atoms with Crippen LogP contribution in [0, 0.1) is 0 Å². The van der Waals surface area contributed by atoms with E-state index in [-0.39, 0.29) is 12.3 Å². The van der Waals surface area contributed by atoms with Crippen LogP contribution in [0.1, 0.15) is 22.3 Å². The zero-order valence-electron chi connectivity index (χ0n) is 18.5. The molecule has 4 aromatic rings. The second kappa shape index (κ2) is 10.4. The fourth-order valence-corrected chi connectivity index (χ4v) is 4.43. The van der Waals surface area contributed by atoms with Crippen LogP contribution in [0.15, 0.2) is 115 Å². The molecule has 0 aliphatic rings. The van der Waals surface area contributed by atoms with Crippen LogP contribution < -0.4 is 11.1 Å². The van der Waals surface area contributed by atoms with Gasteiger partial charge in [0.15, 0.2) is 0 Å². The monoisotopic (exact) mass is 468 g/mol. The van der Waals surface area contributed by atoms with Crippen molar-refractivity contribution >= 4 is 23.4 Å². The molecule has 0 saturated carbocycles. The second-order valence-electron chi connectivity index (χ2n) is 8.11. The van der Waals surface area contributed by atoms with Crippen molar-refractivity contribution in [3.8, 4) is 0 Å². The molecule has 0 heterocycles. The van der Waals surface area contributed by atoms with Crippen molar-refractivity contribution in [2.45, 2.75) is 17.9 Å². The Balaban J connectivity index is 1.83. The van der Waals surface area contributed by atoms with Gasteiger partial charge < -0.3 is 11.1 Å². The van der Waals surface area contributed by atoms with Crippen LogP contribution in [-0.2, 0) is 21.4 Å². The Bertz CT molecular complexity index is 1150. The molecular weight excluding hydrogens is 444 g/mol. The SMILES string of the molecule is NC(=O)[C@H](Cc1ccc(Cl)cc1)NC(=O)C(c1ccccc1)(c1ccccc1)c1ccccc1. The zero-order chi connectivity index (χ0) is 24.0. The van der Waals surface area contributed by atoms with Crippen molar-refractivity contribution in [2.75, 3.05) is 0 Å². The number of amides is 2. The predicted octanol–water partition coefficient (Wildman–Crippen LogP) is 4.89. The average Bonchev–Trinajstić information content (AvgIpc) is 2.87. The highest BCUT2D eigenvalue weighted by atomic mass is 35.5. The molecule has 0 aliphatic heterocycles. The molecule has 4 rings (SSSR count). The van der Waals surface area contributed by atoms with Gasteiger partial charge in [-0.05, 0) is 34.4 Å². The van der Waals surface area contributed by atoms with E-state index >= 15 is 0 Å². The minimum atomic E-state index is -1.18. The number of nitrogens with two attached hydrogens (primary N) is 1. The number of rotatable bonds is 8. The molecule has 0 fully saturated rings. The van der Waals surface area contributed by atoms with Gasteiger partial charge in [0.2, 0.25) is 11.8 Å². The van der Waals surface area contributed by atoms with Crippen molar-refractivity contribution in [3.05, 3.63) is 143 Å². The van der Waals surface area contributed by atoms with Crippen molar-refractivity contribution in [1.82, 2.24) is 5.32 Å². The summed E-state index contributed by atoms with van der Waals surface area (Å²) in [6.45, 7) is 0. The standard InChI is InChI=1S/C29H25ClN2O2/c30-25-18-16-21(17-19-25)20-26(27(31)33)32-28(34)29(22-10-4-1-5-11-22,23-12-6-2-7-13-23)24-14-8-3-9-15-24/h1-19,26H,20H2,(H2,31,33)(H,32,34)/t26-/m0/s1. The molecular formula is C29H25ClN2O2. The van der Waals surface area contributed by atoms with E-state index in [0.29, 0.717) is 5.02 Å². The van der Waals surface area contributed by atoms with Gasteiger partial charge in [0.05, 0.1) is 0 Å². The van der Waals surface area contributed by atoms with Gasteiger partial charge in [-0.3, -0.25) is 9.59 Å². The number of halogens is 1. The molecule has 0 radical (unpaired) electrons. The van der Waals surface area contributed by atoms with Gasteiger partial charge in [-0.25, -0.2) is 0 Å². The third-order valence-electron chi connectivity index (χ3n) is 5.96. The zero-order valence-corrected chi connectivity index (χ0v) is 19.3. The van der Waals surface area contributed by atoms with Gasteiger partial charge in [0.1, 0.15) is 11.5 Å². The first-order chi connectivity index (χ1) is 16.5. The Morgan fingerprint density at radius 3 is 1.50 bits per heavy atom. The van der Waals surface area contributed by atoms with Gasteiger partial charge in [-0.15, -0.1) is 0 Å². The number of primary amides is 1. The Morgan fingerprint density at radius 1 is 0.706 bits per heavy atom. The van der Waals surface area contributed by atoms with Crippen molar-refractivity contribution in [1.29, 1.82) is 0 Å². The Labute approximate surface area is 204 Å². The average molecular weight is 469 g/mol. The largest absolute Gasteiger partial charge is 0.368 e. The minimum absolute atomic E-state index is 0.257. The lowest BCUT2D eigenvalue weighted by Gasteiger charge is -2.35. The highest BCUT2D eigenvalue weighted by molar-refractivity contribution is 6.30. The fraction of sp³-hybridized carbons (Fsp3) is 0.103. The van der Waals surface area contributed by atoms with Crippen LogP contribution in [0.5, 0.6) is 0 Å². The first kappa shape index (κ1) is 23.3. The Kier molecular flexibility index (Phi) is 7.09. The highest BCUT2D eigenvalue weighted by Gasteiger charge is 2.44. The van der Waals surface area contributed by atoms with Crippen LogP contribution >= 0.6 is 11.6 Å².